The van der Waals surface area contributed by atoms with Crippen molar-refractivity contribution in [3.63, 3.8) is 0 Å². The van der Waals surface area contributed by atoms with Gasteiger partial charge in [0.1, 0.15) is 11.9 Å². The highest BCUT2D eigenvalue weighted by Crippen LogP contribution is 2.24. The predicted molar refractivity (Wildman–Crippen MR) is 103 cm³/mol. The number of rotatable bonds is 7. The highest BCUT2D eigenvalue weighted by molar-refractivity contribution is 7.90. The van der Waals surface area contributed by atoms with Crippen molar-refractivity contribution in [2.75, 3.05) is 13.2 Å². The molecule has 2 aliphatic heterocycles. The van der Waals surface area contributed by atoms with Crippen LogP contribution in [0.4, 0.5) is 0 Å². The molecule has 1 saturated heterocycles. The van der Waals surface area contributed by atoms with Gasteiger partial charge in [-0.25, -0.2) is 8.42 Å². The van der Waals surface area contributed by atoms with Crippen LogP contribution in [-0.2, 0) is 19.6 Å². The van der Waals surface area contributed by atoms with Gasteiger partial charge in [0.05, 0.1) is 11.0 Å². The average molecular weight is 394 g/mol. The molecular formula is C19H27N3O4S. The summed E-state index contributed by atoms with van der Waals surface area (Å²) >= 11 is 0. The second kappa shape index (κ2) is 8.39. The van der Waals surface area contributed by atoms with E-state index in [1.54, 1.807) is 24.3 Å². The predicted octanol–water partition coefficient (Wildman–Crippen LogP) is 1.83. The molecule has 148 valence electrons. The molecule has 0 aromatic heterocycles. The van der Waals surface area contributed by atoms with Gasteiger partial charge in [0.25, 0.3) is 10.0 Å². The van der Waals surface area contributed by atoms with Gasteiger partial charge in [-0.2, -0.15) is 0 Å². The van der Waals surface area contributed by atoms with Gasteiger partial charge in [0, 0.05) is 18.7 Å². The third kappa shape index (κ3) is 4.50. The molecule has 2 heterocycles. The Morgan fingerprint density at radius 2 is 2.19 bits per heavy atom. The third-order valence-corrected chi connectivity index (χ3v) is 6.57. The highest BCUT2D eigenvalue weighted by atomic mass is 32.2. The molecule has 0 spiro atoms. The molecule has 27 heavy (non-hydrogen) atoms. The average Bonchev–Trinajstić information content (AvgIpc) is 3.25. The molecular weight excluding hydrogens is 366 g/mol. The number of hydrogen-bond donors (Lipinski definition) is 2. The van der Waals surface area contributed by atoms with E-state index in [1.807, 2.05) is 13.8 Å². The number of hydrogen-bond acceptors (Lipinski definition) is 5. The first kappa shape index (κ1) is 19.8. The maximum absolute atomic E-state index is 12.7. The first-order valence-electron chi connectivity index (χ1n) is 9.51. The molecule has 3 atom stereocenters. The molecule has 1 aromatic rings. The van der Waals surface area contributed by atoms with Gasteiger partial charge < -0.3 is 10.1 Å². The number of amidine groups is 1. The minimum Gasteiger partial charge on any atom is -0.378 e. The lowest BCUT2D eigenvalue weighted by atomic mass is 9.98. The van der Waals surface area contributed by atoms with Crippen LogP contribution in [0.5, 0.6) is 0 Å². The summed E-state index contributed by atoms with van der Waals surface area (Å²) < 4.78 is 32.6. The van der Waals surface area contributed by atoms with Crippen molar-refractivity contribution < 1.29 is 17.9 Å². The number of carbonyl (C=O) groups is 1. The first-order chi connectivity index (χ1) is 12.9. The van der Waals surface area contributed by atoms with Gasteiger partial charge in [0.15, 0.2) is 0 Å². The summed E-state index contributed by atoms with van der Waals surface area (Å²) in [5, 5.41) is 2.94. The van der Waals surface area contributed by atoms with E-state index in [4.69, 9.17) is 4.74 Å². The topological polar surface area (TPSA) is 96.9 Å². The van der Waals surface area contributed by atoms with E-state index >= 15 is 0 Å². The number of aliphatic imine (C=N–C) groups is 1. The Morgan fingerprint density at radius 1 is 1.41 bits per heavy atom. The van der Waals surface area contributed by atoms with Crippen molar-refractivity contribution in [1.29, 1.82) is 0 Å². The van der Waals surface area contributed by atoms with E-state index in [0.29, 0.717) is 12.1 Å². The molecule has 8 heteroatoms. The summed E-state index contributed by atoms with van der Waals surface area (Å²) in [4.78, 5) is 17.5. The molecule has 2 N–H and O–H groups in total. The minimum atomic E-state index is -3.62. The van der Waals surface area contributed by atoms with Gasteiger partial charge in [-0.3, -0.25) is 14.5 Å². The Balaban J connectivity index is 1.75. The summed E-state index contributed by atoms with van der Waals surface area (Å²) in [5.74, 6) is 0.0427. The molecule has 2 aliphatic rings. The van der Waals surface area contributed by atoms with Gasteiger partial charge in [-0.1, -0.05) is 32.4 Å². The Bertz CT molecular complexity index is 816. The highest BCUT2D eigenvalue weighted by Gasteiger charge is 2.33. The summed E-state index contributed by atoms with van der Waals surface area (Å²) in [7, 11) is -3.62. The van der Waals surface area contributed by atoms with E-state index in [-0.39, 0.29) is 28.7 Å². The van der Waals surface area contributed by atoms with Crippen molar-refractivity contribution in [2.24, 2.45) is 10.9 Å². The standard InChI is InChI=1S/C19H27N3O4S/c1-3-13(2)17(19(23)20-11-10-14-7-6-12-26-14)21-18-15-8-4-5-9-16(15)27(24,25)22-18/h4-5,8-9,13-14,17H,3,6-7,10-12H2,1-2H3,(H,20,23)(H,21,22)/t13-,14?,17-/m0/s1. The van der Waals surface area contributed by atoms with E-state index in [9.17, 15) is 13.2 Å². The smallest absolute Gasteiger partial charge is 0.263 e. The maximum Gasteiger partial charge on any atom is 0.263 e. The Hall–Kier alpha value is -1.93. The molecule has 0 radical (unpaired) electrons. The third-order valence-electron chi connectivity index (χ3n) is 5.17. The Morgan fingerprint density at radius 3 is 2.89 bits per heavy atom. The lowest BCUT2D eigenvalue weighted by Crippen LogP contribution is -2.40. The van der Waals surface area contributed by atoms with E-state index in [1.165, 1.54) is 0 Å². The fourth-order valence-corrected chi connectivity index (χ4v) is 4.61. The number of sulfonamides is 1. The number of benzene rings is 1. The van der Waals surface area contributed by atoms with Gasteiger partial charge in [-0.15, -0.1) is 0 Å². The zero-order valence-electron chi connectivity index (χ0n) is 15.8. The number of carbonyl (C=O) groups excluding carboxylic acids is 1. The lowest BCUT2D eigenvalue weighted by Gasteiger charge is -2.20. The Kier molecular flexibility index (Phi) is 6.16. The summed E-state index contributed by atoms with van der Waals surface area (Å²) in [6.07, 6.45) is 3.86. The van der Waals surface area contributed by atoms with E-state index < -0.39 is 16.1 Å². The largest absolute Gasteiger partial charge is 0.378 e. The number of fused-ring (bicyclic) bond motifs is 1. The van der Waals surface area contributed by atoms with Gasteiger partial charge in [-0.05, 0) is 37.3 Å². The van der Waals surface area contributed by atoms with Crippen molar-refractivity contribution in [1.82, 2.24) is 10.0 Å². The fraction of sp³-hybridized carbons (Fsp3) is 0.579. The first-order valence-corrected chi connectivity index (χ1v) is 11.0. The van der Waals surface area contributed by atoms with Crippen LogP contribution in [0.2, 0.25) is 0 Å². The minimum absolute atomic E-state index is 0.0162. The maximum atomic E-state index is 12.7. The molecule has 0 saturated carbocycles. The molecule has 1 amide bonds. The molecule has 1 aromatic carbocycles. The summed E-state index contributed by atoms with van der Waals surface area (Å²) in [6.45, 7) is 5.26. The normalized spacial score (nSPS) is 24.2. The molecule has 0 aliphatic carbocycles. The van der Waals surface area contributed by atoms with Crippen LogP contribution in [0.1, 0.15) is 45.1 Å². The quantitative estimate of drug-likeness (QED) is 0.738. The molecule has 0 bridgehead atoms. The van der Waals surface area contributed by atoms with Crippen LogP contribution in [0.15, 0.2) is 34.2 Å². The van der Waals surface area contributed by atoms with Crippen molar-refractivity contribution in [3.8, 4) is 0 Å². The fourth-order valence-electron chi connectivity index (χ4n) is 3.37. The van der Waals surface area contributed by atoms with Gasteiger partial charge in [0.2, 0.25) is 5.91 Å². The van der Waals surface area contributed by atoms with Crippen LogP contribution in [0.3, 0.4) is 0 Å². The number of amides is 1. The molecule has 1 unspecified atom stereocenters. The SMILES string of the molecule is CC[C@H](C)[C@H](N=C1NS(=O)(=O)c2ccccc21)C(=O)NCCC1CCCO1. The Labute approximate surface area is 160 Å². The van der Waals surface area contributed by atoms with Crippen molar-refractivity contribution in [3.05, 3.63) is 29.8 Å². The van der Waals surface area contributed by atoms with E-state index in [0.717, 1.165) is 32.3 Å². The van der Waals surface area contributed by atoms with Crippen LogP contribution in [-0.4, -0.2) is 45.5 Å². The number of ether oxygens (including phenoxy) is 1. The number of nitrogens with one attached hydrogen (secondary N) is 2. The van der Waals surface area contributed by atoms with Crippen molar-refractivity contribution in [2.45, 2.75) is 56.6 Å². The van der Waals surface area contributed by atoms with Crippen LogP contribution in [0, 0.1) is 5.92 Å². The number of nitrogens with zero attached hydrogens (tertiary/aromatic N) is 1. The van der Waals surface area contributed by atoms with Crippen LogP contribution in [0.25, 0.3) is 0 Å². The summed E-state index contributed by atoms with van der Waals surface area (Å²) in [5.41, 5.74) is 0.512. The summed E-state index contributed by atoms with van der Waals surface area (Å²) in [6, 6.07) is 6.03. The second-order valence-corrected chi connectivity index (χ2v) is 8.78. The lowest BCUT2D eigenvalue weighted by molar-refractivity contribution is -0.123. The van der Waals surface area contributed by atoms with Crippen LogP contribution >= 0.6 is 0 Å². The zero-order chi connectivity index (χ0) is 19.4. The monoisotopic (exact) mass is 393 g/mol. The van der Waals surface area contributed by atoms with E-state index in [2.05, 4.69) is 15.0 Å². The van der Waals surface area contributed by atoms with Gasteiger partial charge >= 0.3 is 0 Å². The second-order valence-electron chi connectivity index (χ2n) is 7.12. The van der Waals surface area contributed by atoms with Crippen molar-refractivity contribution >= 4 is 21.8 Å². The molecule has 7 nitrogen and oxygen atoms in total. The zero-order valence-corrected chi connectivity index (χ0v) is 16.6. The van der Waals surface area contributed by atoms with Crippen LogP contribution < -0.4 is 10.0 Å². The molecule has 1 fully saturated rings. The molecule has 3 rings (SSSR count).